The van der Waals surface area contributed by atoms with Crippen molar-refractivity contribution in [3.8, 4) is 5.75 Å². The summed E-state index contributed by atoms with van der Waals surface area (Å²) in [5.74, 6) is 0.799. The van der Waals surface area contributed by atoms with Gasteiger partial charge in [0.05, 0.1) is 11.9 Å². The Morgan fingerprint density at radius 2 is 2.12 bits per heavy atom. The zero-order valence-electron chi connectivity index (χ0n) is 9.71. The second-order valence-corrected chi connectivity index (χ2v) is 3.81. The molecule has 0 aliphatic rings. The molecule has 2 N–H and O–H groups in total. The molecule has 0 radical (unpaired) electrons. The van der Waals surface area contributed by atoms with Crippen molar-refractivity contribution in [2.24, 2.45) is 5.73 Å². The molecular formula is C13H15N3O. The van der Waals surface area contributed by atoms with Crippen LogP contribution in [-0.4, -0.2) is 9.97 Å². The molecule has 0 saturated heterocycles. The van der Waals surface area contributed by atoms with Crippen LogP contribution in [0.1, 0.15) is 24.2 Å². The molecular weight excluding hydrogens is 214 g/mol. The fourth-order valence-corrected chi connectivity index (χ4v) is 1.54. The Bertz CT molecular complexity index is 471. The number of hydrogen-bond acceptors (Lipinski definition) is 4. The largest absolute Gasteiger partial charge is 0.487 e. The van der Waals surface area contributed by atoms with E-state index in [-0.39, 0.29) is 6.04 Å². The smallest absolute Gasteiger partial charge is 0.132 e. The van der Waals surface area contributed by atoms with Crippen LogP contribution in [0.4, 0.5) is 0 Å². The molecule has 2 aromatic rings. The standard InChI is InChI=1S/C13H15N3O/c1-10(14)12-4-2-3-5-13(12)17-9-11-8-15-6-7-16-11/h2-8,10H,9,14H2,1H3. The third-order valence-electron chi connectivity index (χ3n) is 2.40. The SMILES string of the molecule is CC(N)c1ccccc1OCc1cnccn1. The third-order valence-corrected chi connectivity index (χ3v) is 2.40. The Morgan fingerprint density at radius 3 is 2.82 bits per heavy atom. The summed E-state index contributed by atoms with van der Waals surface area (Å²) in [7, 11) is 0. The quantitative estimate of drug-likeness (QED) is 0.871. The number of rotatable bonds is 4. The van der Waals surface area contributed by atoms with Gasteiger partial charge < -0.3 is 10.5 Å². The molecule has 1 atom stereocenters. The van der Waals surface area contributed by atoms with Gasteiger partial charge in [0.15, 0.2) is 0 Å². The normalized spacial score (nSPS) is 12.1. The average molecular weight is 229 g/mol. The summed E-state index contributed by atoms with van der Waals surface area (Å²) in [6.45, 7) is 2.34. The molecule has 0 amide bonds. The summed E-state index contributed by atoms with van der Waals surface area (Å²) in [6.07, 6.45) is 4.98. The minimum atomic E-state index is -0.0481. The van der Waals surface area contributed by atoms with Gasteiger partial charge in [-0.3, -0.25) is 9.97 Å². The molecule has 0 spiro atoms. The number of nitrogens with zero attached hydrogens (tertiary/aromatic N) is 2. The molecule has 0 fully saturated rings. The molecule has 1 heterocycles. The van der Waals surface area contributed by atoms with Crippen LogP contribution in [0.2, 0.25) is 0 Å². The summed E-state index contributed by atoms with van der Waals surface area (Å²) in [4.78, 5) is 8.14. The minimum Gasteiger partial charge on any atom is -0.487 e. The first-order valence-electron chi connectivity index (χ1n) is 5.49. The predicted octanol–water partition coefficient (Wildman–Crippen LogP) is 2.08. The van der Waals surface area contributed by atoms with Gasteiger partial charge >= 0.3 is 0 Å². The maximum Gasteiger partial charge on any atom is 0.132 e. The Hall–Kier alpha value is -1.94. The van der Waals surface area contributed by atoms with Crippen molar-refractivity contribution >= 4 is 0 Å². The second kappa shape index (κ2) is 5.41. The van der Waals surface area contributed by atoms with Crippen LogP contribution in [-0.2, 0) is 6.61 Å². The van der Waals surface area contributed by atoms with Gasteiger partial charge in [0, 0.05) is 24.0 Å². The highest BCUT2D eigenvalue weighted by Crippen LogP contribution is 2.23. The molecule has 0 bridgehead atoms. The molecule has 88 valence electrons. The van der Waals surface area contributed by atoms with Crippen molar-refractivity contribution < 1.29 is 4.74 Å². The van der Waals surface area contributed by atoms with Crippen LogP contribution in [0, 0.1) is 0 Å². The van der Waals surface area contributed by atoms with E-state index in [4.69, 9.17) is 10.5 Å². The van der Waals surface area contributed by atoms with E-state index in [1.807, 2.05) is 31.2 Å². The molecule has 0 aliphatic carbocycles. The fraction of sp³-hybridized carbons (Fsp3) is 0.231. The summed E-state index contributed by atoms with van der Waals surface area (Å²) in [5.41, 5.74) is 7.67. The Labute approximate surface area is 100 Å². The average Bonchev–Trinajstić information content (AvgIpc) is 2.38. The van der Waals surface area contributed by atoms with Crippen LogP contribution in [0.5, 0.6) is 5.75 Å². The van der Waals surface area contributed by atoms with Gasteiger partial charge in [-0.25, -0.2) is 0 Å². The van der Waals surface area contributed by atoms with Crippen molar-refractivity contribution in [3.05, 3.63) is 54.1 Å². The van der Waals surface area contributed by atoms with E-state index in [1.165, 1.54) is 0 Å². The molecule has 0 saturated carbocycles. The highest BCUT2D eigenvalue weighted by atomic mass is 16.5. The van der Waals surface area contributed by atoms with E-state index in [0.29, 0.717) is 6.61 Å². The summed E-state index contributed by atoms with van der Waals surface area (Å²) < 4.78 is 5.70. The van der Waals surface area contributed by atoms with E-state index >= 15 is 0 Å². The molecule has 4 heteroatoms. The second-order valence-electron chi connectivity index (χ2n) is 3.81. The van der Waals surface area contributed by atoms with E-state index in [2.05, 4.69) is 9.97 Å². The Morgan fingerprint density at radius 1 is 1.29 bits per heavy atom. The van der Waals surface area contributed by atoms with Crippen molar-refractivity contribution in [2.45, 2.75) is 19.6 Å². The van der Waals surface area contributed by atoms with Crippen molar-refractivity contribution in [3.63, 3.8) is 0 Å². The zero-order valence-corrected chi connectivity index (χ0v) is 9.71. The fourth-order valence-electron chi connectivity index (χ4n) is 1.54. The van der Waals surface area contributed by atoms with Crippen molar-refractivity contribution in [2.75, 3.05) is 0 Å². The number of hydrogen-bond donors (Lipinski definition) is 1. The summed E-state index contributed by atoms with van der Waals surface area (Å²) >= 11 is 0. The first kappa shape index (κ1) is 11.5. The van der Waals surface area contributed by atoms with Crippen LogP contribution in [0.25, 0.3) is 0 Å². The number of ether oxygens (including phenoxy) is 1. The van der Waals surface area contributed by atoms with E-state index in [9.17, 15) is 0 Å². The van der Waals surface area contributed by atoms with Gasteiger partial charge in [-0.15, -0.1) is 0 Å². The molecule has 1 aromatic heterocycles. The lowest BCUT2D eigenvalue weighted by Gasteiger charge is -2.13. The van der Waals surface area contributed by atoms with Gasteiger partial charge in [-0.05, 0) is 13.0 Å². The minimum absolute atomic E-state index is 0.0481. The number of benzene rings is 1. The van der Waals surface area contributed by atoms with Crippen LogP contribution >= 0.6 is 0 Å². The van der Waals surface area contributed by atoms with E-state index < -0.39 is 0 Å². The van der Waals surface area contributed by atoms with Gasteiger partial charge in [0.2, 0.25) is 0 Å². The molecule has 4 nitrogen and oxygen atoms in total. The molecule has 2 rings (SSSR count). The first-order chi connectivity index (χ1) is 8.27. The van der Waals surface area contributed by atoms with Crippen molar-refractivity contribution in [1.29, 1.82) is 0 Å². The highest BCUT2D eigenvalue weighted by Gasteiger charge is 2.07. The topological polar surface area (TPSA) is 61.0 Å². The van der Waals surface area contributed by atoms with Crippen LogP contribution < -0.4 is 10.5 Å². The lowest BCUT2D eigenvalue weighted by molar-refractivity contribution is 0.296. The van der Waals surface area contributed by atoms with Gasteiger partial charge in [0.1, 0.15) is 12.4 Å². The highest BCUT2D eigenvalue weighted by molar-refractivity contribution is 5.35. The molecule has 1 aromatic carbocycles. The van der Waals surface area contributed by atoms with E-state index in [0.717, 1.165) is 17.0 Å². The van der Waals surface area contributed by atoms with Crippen LogP contribution in [0.3, 0.4) is 0 Å². The Kier molecular flexibility index (Phi) is 3.67. The zero-order chi connectivity index (χ0) is 12.1. The molecule has 17 heavy (non-hydrogen) atoms. The third kappa shape index (κ3) is 3.01. The summed E-state index contributed by atoms with van der Waals surface area (Å²) in [5, 5.41) is 0. The van der Waals surface area contributed by atoms with Gasteiger partial charge in [-0.1, -0.05) is 18.2 Å². The maximum atomic E-state index is 5.88. The first-order valence-corrected chi connectivity index (χ1v) is 5.49. The summed E-state index contributed by atoms with van der Waals surface area (Å²) in [6, 6.07) is 7.71. The molecule has 0 aliphatic heterocycles. The van der Waals surface area contributed by atoms with Gasteiger partial charge in [0.25, 0.3) is 0 Å². The maximum absolute atomic E-state index is 5.88. The number of para-hydroxylation sites is 1. The monoisotopic (exact) mass is 229 g/mol. The number of nitrogens with two attached hydrogens (primary N) is 1. The van der Waals surface area contributed by atoms with E-state index in [1.54, 1.807) is 18.6 Å². The Balaban J connectivity index is 2.09. The van der Waals surface area contributed by atoms with Gasteiger partial charge in [-0.2, -0.15) is 0 Å². The van der Waals surface area contributed by atoms with Crippen LogP contribution in [0.15, 0.2) is 42.9 Å². The lowest BCUT2D eigenvalue weighted by Crippen LogP contribution is -2.08. The van der Waals surface area contributed by atoms with Crippen molar-refractivity contribution in [1.82, 2.24) is 9.97 Å². The predicted molar refractivity (Wildman–Crippen MR) is 65.4 cm³/mol. The molecule has 1 unspecified atom stereocenters. The number of aromatic nitrogens is 2. The lowest BCUT2D eigenvalue weighted by atomic mass is 10.1.